The molecule has 0 unspecified atom stereocenters. The van der Waals surface area contributed by atoms with Crippen LogP contribution in [0.3, 0.4) is 0 Å². The highest BCUT2D eigenvalue weighted by molar-refractivity contribution is 14.0. The third-order valence-corrected chi connectivity index (χ3v) is 4.71. The first-order valence-corrected chi connectivity index (χ1v) is 9.24. The summed E-state index contributed by atoms with van der Waals surface area (Å²) in [6, 6.07) is 3.84. The second-order valence-electron chi connectivity index (χ2n) is 6.82. The second kappa shape index (κ2) is 11.0. The molecule has 0 aromatic carbocycles. The molecule has 0 radical (unpaired) electrons. The average Bonchev–Trinajstić information content (AvgIpc) is 3.38. The molecule has 154 valence electrons. The summed E-state index contributed by atoms with van der Waals surface area (Å²) in [5.41, 5.74) is 0. The van der Waals surface area contributed by atoms with E-state index in [9.17, 15) is 4.79 Å². The number of aromatic nitrogens is 3. The van der Waals surface area contributed by atoms with Crippen molar-refractivity contribution in [1.29, 1.82) is 0 Å². The van der Waals surface area contributed by atoms with Crippen LogP contribution < -0.4 is 5.32 Å². The number of aromatic amines is 1. The molecular formula is C18H28IN7O2. The van der Waals surface area contributed by atoms with E-state index in [1.165, 1.54) is 0 Å². The molecule has 0 spiro atoms. The lowest BCUT2D eigenvalue weighted by atomic mass is 9.96. The third-order valence-electron chi connectivity index (χ3n) is 4.71. The number of hydrogen-bond acceptors (Lipinski definition) is 5. The smallest absolute Gasteiger partial charge is 0.243 e. The van der Waals surface area contributed by atoms with Crippen molar-refractivity contribution in [1.82, 2.24) is 30.3 Å². The summed E-state index contributed by atoms with van der Waals surface area (Å²) in [6.07, 6.45) is 5.93. The van der Waals surface area contributed by atoms with Gasteiger partial charge in [-0.15, -0.1) is 24.0 Å². The summed E-state index contributed by atoms with van der Waals surface area (Å²) in [5.74, 6) is 3.01. The number of hydrogen-bond donors (Lipinski definition) is 2. The number of rotatable bonds is 6. The molecule has 2 aromatic rings. The Labute approximate surface area is 182 Å². The SMILES string of the molecule is CN(C)C(=O)CN=C(NCCc1ccco1)N1CCC(c2ncn[nH]2)CC1.I. The van der Waals surface area contributed by atoms with Crippen molar-refractivity contribution in [3.8, 4) is 0 Å². The Hall–Kier alpha value is -2.11. The lowest BCUT2D eigenvalue weighted by molar-refractivity contribution is -0.127. The Balaban J connectivity index is 0.00000280. The van der Waals surface area contributed by atoms with E-state index >= 15 is 0 Å². The van der Waals surface area contributed by atoms with Gasteiger partial charge in [0.25, 0.3) is 0 Å². The molecule has 28 heavy (non-hydrogen) atoms. The number of halogens is 1. The summed E-state index contributed by atoms with van der Waals surface area (Å²) in [6.45, 7) is 2.55. The quantitative estimate of drug-likeness (QED) is 0.353. The van der Waals surface area contributed by atoms with E-state index in [2.05, 4.69) is 30.4 Å². The lowest BCUT2D eigenvalue weighted by Gasteiger charge is -2.33. The van der Waals surface area contributed by atoms with E-state index in [1.807, 2.05) is 12.1 Å². The summed E-state index contributed by atoms with van der Waals surface area (Å²) in [4.78, 5) is 24.5. The largest absolute Gasteiger partial charge is 0.469 e. The van der Waals surface area contributed by atoms with Crippen molar-refractivity contribution >= 4 is 35.8 Å². The minimum absolute atomic E-state index is 0. The van der Waals surface area contributed by atoms with Crippen molar-refractivity contribution in [2.24, 2.45) is 4.99 Å². The molecule has 1 amide bonds. The summed E-state index contributed by atoms with van der Waals surface area (Å²) < 4.78 is 5.38. The lowest BCUT2D eigenvalue weighted by Crippen LogP contribution is -2.46. The highest BCUT2D eigenvalue weighted by Crippen LogP contribution is 2.24. The molecule has 0 aliphatic carbocycles. The first kappa shape index (κ1) is 22.2. The number of guanidine groups is 1. The fourth-order valence-corrected chi connectivity index (χ4v) is 3.08. The number of carbonyl (C=O) groups excluding carboxylic acids is 1. The molecule has 0 atom stereocenters. The number of aliphatic imine (C=N–C) groups is 1. The van der Waals surface area contributed by atoms with Crippen LogP contribution in [0.25, 0.3) is 0 Å². The van der Waals surface area contributed by atoms with Gasteiger partial charge in [0, 0.05) is 46.1 Å². The number of amides is 1. The number of piperidine rings is 1. The molecule has 0 saturated carbocycles. The van der Waals surface area contributed by atoms with E-state index in [0.717, 1.165) is 49.9 Å². The van der Waals surface area contributed by atoms with E-state index in [-0.39, 0.29) is 36.4 Å². The Morgan fingerprint density at radius 3 is 2.82 bits per heavy atom. The Kier molecular flexibility index (Phi) is 8.74. The highest BCUT2D eigenvalue weighted by Gasteiger charge is 2.24. The zero-order chi connectivity index (χ0) is 19.1. The number of nitrogens with one attached hydrogen (secondary N) is 2. The molecule has 1 aliphatic rings. The van der Waals surface area contributed by atoms with Crippen LogP contribution in [0, 0.1) is 0 Å². The van der Waals surface area contributed by atoms with E-state index < -0.39 is 0 Å². The van der Waals surface area contributed by atoms with Gasteiger partial charge in [0.05, 0.1) is 6.26 Å². The second-order valence-corrected chi connectivity index (χ2v) is 6.82. The first-order chi connectivity index (χ1) is 13.1. The maximum Gasteiger partial charge on any atom is 0.243 e. The number of H-pyrrole nitrogens is 1. The zero-order valence-electron chi connectivity index (χ0n) is 16.3. The van der Waals surface area contributed by atoms with Crippen LogP contribution in [0.15, 0.2) is 34.1 Å². The van der Waals surface area contributed by atoms with Gasteiger partial charge in [-0.05, 0) is 25.0 Å². The van der Waals surface area contributed by atoms with Crippen LogP contribution in [0.2, 0.25) is 0 Å². The zero-order valence-corrected chi connectivity index (χ0v) is 18.6. The normalized spacial score (nSPS) is 15.2. The standard InChI is InChI=1S/C18H27N7O2.HI/c1-24(2)16(26)12-20-18(19-8-5-15-4-3-11-27-15)25-9-6-14(7-10-25)17-21-13-22-23-17;/h3-4,11,13-14H,5-10,12H2,1-2H3,(H,19,20)(H,21,22,23);1H. The van der Waals surface area contributed by atoms with Gasteiger partial charge in [0.2, 0.25) is 5.91 Å². The van der Waals surface area contributed by atoms with Crippen molar-refractivity contribution in [2.45, 2.75) is 25.2 Å². The Morgan fingerprint density at radius 2 is 2.21 bits per heavy atom. The first-order valence-electron chi connectivity index (χ1n) is 9.24. The van der Waals surface area contributed by atoms with E-state index in [1.54, 1.807) is 31.6 Å². The molecule has 10 heteroatoms. The molecule has 3 heterocycles. The van der Waals surface area contributed by atoms with Crippen LogP contribution in [0.5, 0.6) is 0 Å². The average molecular weight is 501 g/mol. The van der Waals surface area contributed by atoms with Crippen molar-refractivity contribution in [3.63, 3.8) is 0 Å². The van der Waals surface area contributed by atoms with E-state index in [4.69, 9.17) is 4.42 Å². The molecule has 1 aliphatic heterocycles. The van der Waals surface area contributed by atoms with Gasteiger partial charge >= 0.3 is 0 Å². The van der Waals surface area contributed by atoms with Gasteiger partial charge in [-0.25, -0.2) is 9.98 Å². The molecule has 1 fully saturated rings. The van der Waals surface area contributed by atoms with Crippen LogP contribution in [0.4, 0.5) is 0 Å². The maximum atomic E-state index is 11.9. The molecular weight excluding hydrogens is 473 g/mol. The monoisotopic (exact) mass is 501 g/mol. The maximum absolute atomic E-state index is 11.9. The number of likely N-dealkylation sites (N-methyl/N-ethyl adjacent to an activating group) is 1. The van der Waals surface area contributed by atoms with Crippen molar-refractivity contribution < 1.29 is 9.21 Å². The van der Waals surface area contributed by atoms with Crippen molar-refractivity contribution in [2.75, 3.05) is 40.3 Å². The van der Waals surface area contributed by atoms with Crippen molar-refractivity contribution in [3.05, 3.63) is 36.3 Å². The molecule has 1 saturated heterocycles. The Bertz CT molecular complexity index is 723. The van der Waals surface area contributed by atoms with Gasteiger partial charge in [-0.3, -0.25) is 9.89 Å². The van der Waals surface area contributed by atoms with Gasteiger partial charge < -0.3 is 19.5 Å². The summed E-state index contributed by atoms with van der Waals surface area (Å²) in [5, 5.41) is 10.3. The van der Waals surface area contributed by atoms with Crippen LogP contribution in [-0.4, -0.2) is 77.1 Å². The number of furan rings is 1. The Morgan fingerprint density at radius 1 is 1.43 bits per heavy atom. The topological polar surface area (TPSA) is 103 Å². The molecule has 2 aromatic heterocycles. The predicted octanol–water partition coefficient (Wildman–Crippen LogP) is 1.47. The summed E-state index contributed by atoms with van der Waals surface area (Å²) >= 11 is 0. The van der Waals surface area contributed by atoms with Crippen LogP contribution in [-0.2, 0) is 11.2 Å². The predicted molar refractivity (Wildman–Crippen MR) is 117 cm³/mol. The summed E-state index contributed by atoms with van der Waals surface area (Å²) in [7, 11) is 3.48. The van der Waals surface area contributed by atoms with E-state index in [0.29, 0.717) is 12.5 Å². The fourth-order valence-electron chi connectivity index (χ4n) is 3.08. The fraction of sp³-hybridized carbons (Fsp3) is 0.556. The minimum atomic E-state index is -0.0168. The molecule has 0 bridgehead atoms. The number of carbonyl (C=O) groups is 1. The van der Waals surface area contributed by atoms with Gasteiger partial charge in [-0.2, -0.15) is 5.10 Å². The van der Waals surface area contributed by atoms with Crippen LogP contribution in [0.1, 0.15) is 30.3 Å². The molecule has 9 nitrogen and oxygen atoms in total. The number of likely N-dealkylation sites (tertiary alicyclic amines) is 1. The van der Waals surface area contributed by atoms with Gasteiger partial charge in [0.1, 0.15) is 24.5 Å². The number of nitrogens with zero attached hydrogens (tertiary/aromatic N) is 5. The highest BCUT2D eigenvalue weighted by atomic mass is 127. The van der Waals surface area contributed by atoms with Crippen LogP contribution >= 0.6 is 24.0 Å². The van der Waals surface area contributed by atoms with Gasteiger partial charge in [-0.1, -0.05) is 0 Å². The minimum Gasteiger partial charge on any atom is -0.469 e. The van der Waals surface area contributed by atoms with Gasteiger partial charge in [0.15, 0.2) is 5.96 Å². The third kappa shape index (κ3) is 6.21. The molecule has 3 rings (SSSR count). The molecule has 2 N–H and O–H groups in total.